The molecule has 16 heavy (non-hydrogen) atoms. The van der Waals surface area contributed by atoms with Crippen molar-refractivity contribution < 1.29 is 0 Å². The molecule has 1 aromatic carbocycles. The van der Waals surface area contributed by atoms with Gasteiger partial charge in [-0.15, -0.1) is 0 Å². The van der Waals surface area contributed by atoms with Crippen molar-refractivity contribution >= 4 is 11.6 Å². The van der Waals surface area contributed by atoms with Crippen LogP contribution in [0.15, 0.2) is 36.7 Å². The van der Waals surface area contributed by atoms with Gasteiger partial charge in [0.05, 0.1) is 6.54 Å². The van der Waals surface area contributed by atoms with Crippen LogP contribution >= 0.6 is 11.6 Å². The molecule has 0 aliphatic rings. The summed E-state index contributed by atoms with van der Waals surface area (Å²) in [6, 6.07) is 7.88. The Labute approximate surface area is 100 Å². The molecule has 0 spiro atoms. The molecule has 4 heteroatoms. The van der Waals surface area contributed by atoms with Crippen LogP contribution in [-0.2, 0) is 13.1 Å². The molecule has 0 saturated carbocycles. The SMILES string of the molecule is CNCc1nccn1Cc1ccc(Cl)cc1. The molecule has 0 radical (unpaired) electrons. The zero-order valence-corrected chi connectivity index (χ0v) is 9.91. The first-order valence-corrected chi connectivity index (χ1v) is 5.56. The zero-order valence-electron chi connectivity index (χ0n) is 9.15. The summed E-state index contributed by atoms with van der Waals surface area (Å²) in [5.41, 5.74) is 1.22. The molecular weight excluding hydrogens is 222 g/mol. The van der Waals surface area contributed by atoms with E-state index in [1.54, 1.807) is 0 Å². The summed E-state index contributed by atoms with van der Waals surface area (Å²) < 4.78 is 2.12. The number of imidazole rings is 1. The van der Waals surface area contributed by atoms with Gasteiger partial charge in [0, 0.05) is 24.0 Å². The van der Waals surface area contributed by atoms with Gasteiger partial charge in [-0.1, -0.05) is 23.7 Å². The summed E-state index contributed by atoms with van der Waals surface area (Å²) in [4.78, 5) is 4.29. The Bertz CT molecular complexity index is 448. The molecule has 0 atom stereocenters. The van der Waals surface area contributed by atoms with Gasteiger partial charge in [0.2, 0.25) is 0 Å². The highest BCUT2D eigenvalue weighted by molar-refractivity contribution is 6.30. The second kappa shape index (κ2) is 5.14. The van der Waals surface area contributed by atoms with Crippen molar-refractivity contribution in [2.45, 2.75) is 13.1 Å². The minimum Gasteiger partial charge on any atom is -0.329 e. The average molecular weight is 236 g/mol. The van der Waals surface area contributed by atoms with Crippen LogP contribution in [0.25, 0.3) is 0 Å². The van der Waals surface area contributed by atoms with Crippen LogP contribution in [-0.4, -0.2) is 16.6 Å². The topological polar surface area (TPSA) is 29.9 Å². The minimum absolute atomic E-state index is 0.768. The molecule has 0 saturated heterocycles. The Morgan fingerprint density at radius 2 is 2.06 bits per heavy atom. The van der Waals surface area contributed by atoms with Gasteiger partial charge >= 0.3 is 0 Å². The Morgan fingerprint density at radius 3 is 2.75 bits per heavy atom. The van der Waals surface area contributed by atoms with Gasteiger partial charge in [0.1, 0.15) is 5.82 Å². The maximum atomic E-state index is 5.85. The third kappa shape index (κ3) is 2.62. The van der Waals surface area contributed by atoms with Gasteiger partial charge < -0.3 is 9.88 Å². The largest absolute Gasteiger partial charge is 0.329 e. The Morgan fingerprint density at radius 1 is 1.31 bits per heavy atom. The van der Waals surface area contributed by atoms with Crippen LogP contribution in [0.1, 0.15) is 11.4 Å². The Balaban J connectivity index is 2.13. The first kappa shape index (κ1) is 11.2. The van der Waals surface area contributed by atoms with Crippen LogP contribution in [0, 0.1) is 0 Å². The molecule has 2 aromatic rings. The average Bonchev–Trinajstić information content (AvgIpc) is 2.70. The van der Waals surface area contributed by atoms with Crippen molar-refractivity contribution in [3.63, 3.8) is 0 Å². The lowest BCUT2D eigenvalue weighted by Crippen LogP contribution is -2.12. The number of benzene rings is 1. The predicted octanol–water partition coefficient (Wildman–Crippen LogP) is 2.30. The monoisotopic (exact) mass is 235 g/mol. The predicted molar refractivity (Wildman–Crippen MR) is 65.5 cm³/mol. The summed E-state index contributed by atoms with van der Waals surface area (Å²) in [7, 11) is 1.92. The van der Waals surface area contributed by atoms with Crippen LogP contribution < -0.4 is 5.32 Å². The molecule has 0 unspecified atom stereocenters. The molecule has 1 N–H and O–H groups in total. The molecule has 0 aliphatic heterocycles. The van der Waals surface area contributed by atoms with E-state index >= 15 is 0 Å². The third-order valence-corrected chi connectivity index (χ3v) is 2.65. The number of hydrogen-bond donors (Lipinski definition) is 1. The highest BCUT2D eigenvalue weighted by atomic mass is 35.5. The van der Waals surface area contributed by atoms with E-state index in [0.717, 1.165) is 23.9 Å². The maximum absolute atomic E-state index is 5.85. The summed E-state index contributed by atoms with van der Waals surface area (Å²) in [6.07, 6.45) is 3.81. The molecule has 3 nitrogen and oxygen atoms in total. The number of rotatable bonds is 4. The van der Waals surface area contributed by atoms with Crippen molar-refractivity contribution in [1.29, 1.82) is 0 Å². The number of nitrogens with zero attached hydrogens (tertiary/aromatic N) is 2. The van der Waals surface area contributed by atoms with Crippen molar-refractivity contribution in [2.24, 2.45) is 0 Å². The Kier molecular flexibility index (Phi) is 3.59. The third-order valence-electron chi connectivity index (χ3n) is 2.40. The highest BCUT2D eigenvalue weighted by Gasteiger charge is 2.02. The zero-order chi connectivity index (χ0) is 11.4. The molecule has 0 aliphatic carbocycles. The first-order valence-electron chi connectivity index (χ1n) is 5.18. The van der Waals surface area contributed by atoms with Crippen LogP contribution in [0.2, 0.25) is 5.02 Å². The second-order valence-electron chi connectivity index (χ2n) is 3.63. The summed E-state index contributed by atoms with van der Waals surface area (Å²) >= 11 is 5.85. The molecule has 0 bridgehead atoms. The van der Waals surface area contributed by atoms with E-state index in [0.29, 0.717) is 0 Å². The number of nitrogens with one attached hydrogen (secondary N) is 1. The van der Waals surface area contributed by atoms with Gasteiger partial charge in [0.15, 0.2) is 0 Å². The van der Waals surface area contributed by atoms with E-state index in [4.69, 9.17) is 11.6 Å². The molecular formula is C12H14ClN3. The Hall–Kier alpha value is -1.32. The van der Waals surface area contributed by atoms with Gasteiger partial charge in [-0.05, 0) is 24.7 Å². The lowest BCUT2D eigenvalue weighted by atomic mass is 10.2. The first-order chi connectivity index (χ1) is 7.79. The highest BCUT2D eigenvalue weighted by Crippen LogP contribution is 2.11. The van der Waals surface area contributed by atoms with E-state index < -0.39 is 0 Å². The van der Waals surface area contributed by atoms with Crippen molar-refractivity contribution in [3.05, 3.63) is 53.1 Å². The van der Waals surface area contributed by atoms with Crippen molar-refractivity contribution in [3.8, 4) is 0 Å². The molecule has 1 aromatic heterocycles. The normalized spacial score (nSPS) is 10.6. The van der Waals surface area contributed by atoms with Crippen LogP contribution in [0.4, 0.5) is 0 Å². The van der Waals surface area contributed by atoms with Crippen LogP contribution in [0.5, 0.6) is 0 Å². The van der Waals surface area contributed by atoms with Crippen molar-refractivity contribution in [2.75, 3.05) is 7.05 Å². The van der Waals surface area contributed by atoms with E-state index in [2.05, 4.69) is 14.9 Å². The van der Waals surface area contributed by atoms with Crippen LogP contribution in [0.3, 0.4) is 0 Å². The molecule has 0 fully saturated rings. The fourth-order valence-electron chi connectivity index (χ4n) is 1.60. The number of hydrogen-bond acceptors (Lipinski definition) is 2. The van der Waals surface area contributed by atoms with Gasteiger partial charge in [0.25, 0.3) is 0 Å². The quantitative estimate of drug-likeness (QED) is 0.882. The van der Waals surface area contributed by atoms with E-state index in [1.165, 1.54) is 5.56 Å². The summed E-state index contributed by atoms with van der Waals surface area (Å²) in [6.45, 7) is 1.61. The lowest BCUT2D eigenvalue weighted by molar-refractivity contribution is 0.673. The van der Waals surface area contributed by atoms with Gasteiger partial charge in [-0.2, -0.15) is 0 Å². The van der Waals surface area contributed by atoms with Crippen molar-refractivity contribution in [1.82, 2.24) is 14.9 Å². The fraction of sp³-hybridized carbons (Fsp3) is 0.250. The second-order valence-corrected chi connectivity index (χ2v) is 4.06. The summed E-state index contributed by atoms with van der Waals surface area (Å²) in [5, 5.41) is 3.87. The molecule has 1 heterocycles. The summed E-state index contributed by atoms with van der Waals surface area (Å²) in [5.74, 6) is 1.04. The van der Waals surface area contributed by atoms with E-state index in [-0.39, 0.29) is 0 Å². The van der Waals surface area contributed by atoms with Gasteiger partial charge in [-0.3, -0.25) is 0 Å². The standard InChI is InChI=1S/C12H14ClN3/c1-14-8-12-15-6-7-16(12)9-10-2-4-11(13)5-3-10/h2-7,14H,8-9H2,1H3. The fourth-order valence-corrected chi connectivity index (χ4v) is 1.72. The smallest absolute Gasteiger partial charge is 0.122 e. The molecule has 84 valence electrons. The molecule has 2 rings (SSSR count). The maximum Gasteiger partial charge on any atom is 0.122 e. The molecule has 0 amide bonds. The number of halogens is 1. The van der Waals surface area contributed by atoms with E-state index in [1.807, 2.05) is 43.7 Å². The minimum atomic E-state index is 0.768. The van der Waals surface area contributed by atoms with E-state index in [9.17, 15) is 0 Å². The number of aromatic nitrogens is 2. The lowest BCUT2D eigenvalue weighted by Gasteiger charge is -2.07. The van der Waals surface area contributed by atoms with Gasteiger partial charge in [-0.25, -0.2) is 4.98 Å².